The van der Waals surface area contributed by atoms with E-state index in [9.17, 15) is 8.42 Å². The Morgan fingerprint density at radius 3 is 2.95 bits per heavy atom. The molecule has 8 heteroatoms. The third-order valence-corrected chi connectivity index (χ3v) is 6.53. The monoisotopic (exact) mass is 335 g/mol. The quantitative estimate of drug-likeness (QED) is 0.914. The van der Waals surface area contributed by atoms with E-state index in [2.05, 4.69) is 10.3 Å². The summed E-state index contributed by atoms with van der Waals surface area (Å²) in [5.74, 6) is 2.14. The molecule has 1 aromatic rings. The minimum Gasteiger partial charge on any atom is -0.369 e. The Hall–Kier alpha value is -0.500. The Bertz CT molecular complexity index is 580. The zero-order valence-corrected chi connectivity index (χ0v) is 13.9. The number of nitrogens with one attached hydrogen (secondary N) is 1. The minimum atomic E-state index is -3.52. The first-order chi connectivity index (χ1) is 9.46. The van der Waals surface area contributed by atoms with E-state index < -0.39 is 10.0 Å². The number of thioether (sulfide) groups is 1. The highest BCUT2D eigenvalue weighted by Gasteiger charge is 2.31. The van der Waals surface area contributed by atoms with E-state index in [0.717, 1.165) is 11.5 Å². The van der Waals surface area contributed by atoms with E-state index in [1.807, 2.05) is 13.8 Å². The molecule has 0 bridgehead atoms. The van der Waals surface area contributed by atoms with Gasteiger partial charge in [-0.15, -0.1) is 0 Å². The zero-order chi connectivity index (χ0) is 14.8. The normalized spacial score (nSPS) is 20.9. The van der Waals surface area contributed by atoms with Crippen molar-refractivity contribution in [2.24, 2.45) is 0 Å². The summed E-state index contributed by atoms with van der Waals surface area (Å²) >= 11 is 7.85. The van der Waals surface area contributed by atoms with Gasteiger partial charge in [-0.05, 0) is 19.9 Å². The van der Waals surface area contributed by atoms with Gasteiger partial charge in [0.15, 0.2) is 0 Å². The lowest BCUT2D eigenvalue weighted by atomic mass is 10.4. The molecule has 1 saturated heterocycles. The van der Waals surface area contributed by atoms with Crippen LogP contribution in [0.3, 0.4) is 0 Å². The van der Waals surface area contributed by atoms with E-state index in [4.69, 9.17) is 11.6 Å². The van der Waals surface area contributed by atoms with Crippen LogP contribution in [-0.4, -0.2) is 48.3 Å². The van der Waals surface area contributed by atoms with Crippen molar-refractivity contribution < 1.29 is 8.42 Å². The molecule has 1 fully saturated rings. The molecule has 1 aromatic heterocycles. The van der Waals surface area contributed by atoms with E-state index in [0.29, 0.717) is 23.9 Å². The lowest BCUT2D eigenvalue weighted by molar-refractivity contribution is 0.367. The summed E-state index contributed by atoms with van der Waals surface area (Å²) in [4.78, 5) is 4.26. The van der Waals surface area contributed by atoms with Gasteiger partial charge in [0, 0.05) is 36.8 Å². The number of halogens is 1. The van der Waals surface area contributed by atoms with Crippen LogP contribution in [0, 0.1) is 0 Å². The lowest BCUT2D eigenvalue weighted by Gasteiger charge is -2.31. The maximum absolute atomic E-state index is 12.6. The fourth-order valence-electron chi connectivity index (χ4n) is 2.06. The van der Waals surface area contributed by atoms with Gasteiger partial charge in [-0.1, -0.05) is 11.6 Å². The number of hydrogen-bond acceptors (Lipinski definition) is 5. The van der Waals surface area contributed by atoms with Crippen LogP contribution in [0.15, 0.2) is 17.2 Å². The van der Waals surface area contributed by atoms with Gasteiger partial charge in [0.2, 0.25) is 10.0 Å². The lowest BCUT2D eigenvalue weighted by Crippen LogP contribution is -2.44. The Morgan fingerprint density at radius 2 is 2.35 bits per heavy atom. The Morgan fingerprint density at radius 1 is 1.60 bits per heavy atom. The molecule has 0 aromatic carbocycles. The summed E-state index contributed by atoms with van der Waals surface area (Å²) in [6.07, 6.45) is 1.37. The van der Waals surface area contributed by atoms with Crippen LogP contribution in [-0.2, 0) is 10.0 Å². The first-order valence-electron chi connectivity index (χ1n) is 6.45. The van der Waals surface area contributed by atoms with Gasteiger partial charge >= 0.3 is 0 Å². The molecule has 0 radical (unpaired) electrons. The highest BCUT2D eigenvalue weighted by molar-refractivity contribution is 7.99. The topological polar surface area (TPSA) is 62.3 Å². The largest absolute Gasteiger partial charge is 0.369 e. The van der Waals surface area contributed by atoms with E-state index >= 15 is 0 Å². The molecule has 1 atom stereocenters. The number of nitrogens with zero attached hydrogens (tertiary/aromatic N) is 2. The molecule has 5 nitrogen and oxygen atoms in total. The predicted molar refractivity (Wildman–Crippen MR) is 84.1 cm³/mol. The van der Waals surface area contributed by atoms with Crippen LogP contribution < -0.4 is 5.32 Å². The van der Waals surface area contributed by atoms with Crippen LogP contribution in [0.25, 0.3) is 0 Å². The second kappa shape index (κ2) is 6.51. The number of pyridine rings is 1. The molecular formula is C12H18ClN3O2S2. The van der Waals surface area contributed by atoms with Crippen molar-refractivity contribution in [2.75, 3.05) is 29.9 Å². The molecule has 0 spiro atoms. The molecule has 1 N–H and O–H groups in total. The Labute approximate surface area is 129 Å². The van der Waals surface area contributed by atoms with Gasteiger partial charge in [-0.3, -0.25) is 0 Å². The second-order valence-corrected chi connectivity index (χ2v) is 8.02. The van der Waals surface area contributed by atoms with Crippen molar-refractivity contribution in [3.8, 4) is 0 Å². The highest BCUT2D eigenvalue weighted by Crippen LogP contribution is 2.27. The molecule has 0 amide bonds. The number of anilines is 1. The fourth-order valence-corrected chi connectivity index (χ4v) is 5.19. The molecule has 2 rings (SSSR count). The third kappa shape index (κ3) is 3.21. The third-order valence-electron chi connectivity index (χ3n) is 3.07. The molecular weight excluding hydrogens is 318 g/mol. The first-order valence-corrected chi connectivity index (χ1v) is 9.43. The van der Waals surface area contributed by atoms with Gasteiger partial charge < -0.3 is 5.32 Å². The number of aromatic nitrogens is 1. The van der Waals surface area contributed by atoms with Crippen LogP contribution in [0.4, 0.5) is 5.82 Å². The van der Waals surface area contributed by atoms with Crippen LogP contribution in [0.1, 0.15) is 13.8 Å². The smallest absolute Gasteiger partial charge is 0.244 e. The van der Waals surface area contributed by atoms with Crippen molar-refractivity contribution in [3.63, 3.8) is 0 Å². The van der Waals surface area contributed by atoms with Gasteiger partial charge in [0.1, 0.15) is 10.7 Å². The van der Waals surface area contributed by atoms with E-state index in [1.54, 1.807) is 11.8 Å². The predicted octanol–water partition coefficient (Wildman–Crippen LogP) is 2.29. The molecule has 2 heterocycles. The average molecular weight is 336 g/mol. The molecule has 0 saturated carbocycles. The number of sulfonamides is 1. The van der Waals surface area contributed by atoms with Crippen molar-refractivity contribution >= 4 is 39.2 Å². The SMILES string of the molecule is CCNc1ncc(S(=O)(=O)N2CCSCC2C)cc1Cl. The maximum Gasteiger partial charge on any atom is 0.244 e. The number of rotatable bonds is 4. The maximum atomic E-state index is 12.6. The Kier molecular flexibility index (Phi) is 5.17. The van der Waals surface area contributed by atoms with Crippen molar-refractivity contribution in [2.45, 2.75) is 24.8 Å². The second-order valence-electron chi connectivity index (χ2n) is 4.57. The molecule has 1 unspecified atom stereocenters. The standard InChI is InChI=1S/C12H18ClN3O2S2/c1-3-14-12-11(13)6-10(7-15-12)20(17,18)16-4-5-19-8-9(16)2/h6-7,9H,3-5,8H2,1-2H3,(H,14,15). The number of hydrogen-bond donors (Lipinski definition) is 1. The van der Waals surface area contributed by atoms with Crippen LogP contribution >= 0.6 is 23.4 Å². The molecule has 1 aliphatic heterocycles. The summed E-state index contributed by atoms with van der Waals surface area (Å²) < 4.78 is 26.8. The molecule has 20 heavy (non-hydrogen) atoms. The fraction of sp³-hybridized carbons (Fsp3) is 0.583. The van der Waals surface area contributed by atoms with Gasteiger partial charge in [0.05, 0.1) is 5.02 Å². The van der Waals surface area contributed by atoms with Crippen LogP contribution in [0.5, 0.6) is 0 Å². The van der Waals surface area contributed by atoms with Gasteiger partial charge in [-0.25, -0.2) is 13.4 Å². The first kappa shape index (κ1) is 15.9. The van der Waals surface area contributed by atoms with E-state index in [1.165, 1.54) is 16.6 Å². The van der Waals surface area contributed by atoms with Crippen molar-refractivity contribution in [1.29, 1.82) is 0 Å². The zero-order valence-electron chi connectivity index (χ0n) is 11.5. The summed E-state index contributed by atoms with van der Waals surface area (Å²) in [6.45, 7) is 5.06. The molecule has 0 aliphatic carbocycles. The summed E-state index contributed by atoms with van der Waals surface area (Å²) in [6, 6.07) is 1.46. The molecule has 1 aliphatic rings. The van der Waals surface area contributed by atoms with Crippen LogP contribution in [0.2, 0.25) is 5.02 Å². The molecule has 112 valence electrons. The van der Waals surface area contributed by atoms with Gasteiger partial charge in [0.25, 0.3) is 0 Å². The average Bonchev–Trinajstić information content (AvgIpc) is 2.41. The highest BCUT2D eigenvalue weighted by atomic mass is 35.5. The van der Waals surface area contributed by atoms with Gasteiger partial charge in [-0.2, -0.15) is 16.1 Å². The summed E-state index contributed by atoms with van der Waals surface area (Å²) in [5.41, 5.74) is 0. The summed E-state index contributed by atoms with van der Waals surface area (Å²) in [5, 5.41) is 3.31. The summed E-state index contributed by atoms with van der Waals surface area (Å²) in [7, 11) is -3.52. The van der Waals surface area contributed by atoms with Crippen molar-refractivity contribution in [1.82, 2.24) is 9.29 Å². The minimum absolute atomic E-state index is 0.00836. The Balaban J connectivity index is 2.31. The van der Waals surface area contributed by atoms with E-state index in [-0.39, 0.29) is 10.9 Å². The van der Waals surface area contributed by atoms with Crippen molar-refractivity contribution in [3.05, 3.63) is 17.3 Å².